The third-order valence-corrected chi connectivity index (χ3v) is 0.835. The van der Waals surface area contributed by atoms with Crippen LogP contribution in [0.3, 0.4) is 0 Å². The summed E-state index contributed by atoms with van der Waals surface area (Å²) in [5.41, 5.74) is 0. The standard InChI is InChI=1S/C5H11S/c1-4-5(2,3)6/h6H,1,4H2,2-3H3. The predicted octanol–water partition coefficient (Wildman–Crippen LogP) is 1.92. The fourth-order valence-electron chi connectivity index (χ4n) is 0. The number of hydrogen-bond acceptors (Lipinski definition) is 1. The van der Waals surface area contributed by atoms with Crippen LogP contribution in [0.4, 0.5) is 0 Å². The summed E-state index contributed by atoms with van der Waals surface area (Å²) in [6.07, 6.45) is 0.885. The van der Waals surface area contributed by atoms with Gasteiger partial charge in [-0.05, 0) is 6.42 Å². The molecule has 0 rings (SSSR count). The van der Waals surface area contributed by atoms with Gasteiger partial charge in [-0.2, -0.15) is 12.6 Å². The molecule has 0 aromatic carbocycles. The molecule has 0 atom stereocenters. The summed E-state index contributed by atoms with van der Waals surface area (Å²) >= 11 is 4.19. The molecule has 0 saturated heterocycles. The lowest BCUT2D eigenvalue weighted by Gasteiger charge is -2.11. The normalized spacial score (nSPS) is 12.0. The van der Waals surface area contributed by atoms with Crippen LogP contribution in [0.25, 0.3) is 0 Å². The van der Waals surface area contributed by atoms with E-state index in [1.807, 2.05) is 13.8 Å². The van der Waals surface area contributed by atoms with E-state index in [9.17, 15) is 0 Å². The minimum atomic E-state index is 0.125. The minimum Gasteiger partial charge on any atom is -0.173 e. The van der Waals surface area contributed by atoms with E-state index in [1.54, 1.807) is 0 Å². The molecule has 6 heavy (non-hydrogen) atoms. The SMILES string of the molecule is [CH2]CC(C)(C)S. The van der Waals surface area contributed by atoms with Crippen molar-refractivity contribution in [1.82, 2.24) is 0 Å². The first-order valence-corrected chi connectivity index (χ1v) is 2.52. The van der Waals surface area contributed by atoms with E-state index in [1.165, 1.54) is 0 Å². The topological polar surface area (TPSA) is 0 Å². The molecule has 0 spiro atoms. The van der Waals surface area contributed by atoms with Crippen LogP contribution in [0, 0.1) is 6.92 Å². The van der Waals surface area contributed by atoms with Crippen molar-refractivity contribution in [1.29, 1.82) is 0 Å². The highest BCUT2D eigenvalue weighted by molar-refractivity contribution is 7.81. The van der Waals surface area contributed by atoms with Gasteiger partial charge in [0.2, 0.25) is 0 Å². The van der Waals surface area contributed by atoms with Crippen molar-refractivity contribution in [3.8, 4) is 0 Å². The summed E-state index contributed by atoms with van der Waals surface area (Å²) in [5, 5.41) is 0. The summed E-state index contributed by atoms with van der Waals surface area (Å²) < 4.78 is 0.125. The van der Waals surface area contributed by atoms with Gasteiger partial charge in [-0.1, -0.05) is 20.8 Å². The van der Waals surface area contributed by atoms with Crippen LogP contribution in [-0.4, -0.2) is 4.75 Å². The van der Waals surface area contributed by atoms with Crippen LogP contribution in [-0.2, 0) is 0 Å². The second-order valence-electron chi connectivity index (χ2n) is 2.06. The second kappa shape index (κ2) is 1.87. The Morgan fingerprint density at radius 1 is 1.67 bits per heavy atom. The van der Waals surface area contributed by atoms with Crippen molar-refractivity contribution in [3.05, 3.63) is 6.92 Å². The molecular formula is C5H11S. The largest absolute Gasteiger partial charge is 0.173 e. The molecule has 0 nitrogen and oxygen atoms in total. The first-order chi connectivity index (χ1) is 2.56. The van der Waals surface area contributed by atoms with Gasteiger partial charge in [-0.25, -0.2) is 0 Å². The third kappa shape index (κ3) is 4.35. The average molecular weight is 103 g/mol. The molecule has 0 aliphatic rings. The lowest BCUT2D eigenvalue weighted by Crippen LogP contribution is -2.06. The molecule has 0 N–H and O–H groups in total. The fourth-order valence-corrected chi connectivity index (χ4v) is 0. The van der Waals surface area contributed by atoms with Gasteiger partial charge in [0.05, 0.1) is 0 Å². The highest BCUT2D eigenvalue weighted by Crippen LogP contribution is 2.14. The average Bonchev–Trinajstić information content (AvgIpc) is 1.35. The lowest BCUT2D eigenvalue weighted by atomic mass is 10.1. The molecule has 0 aliphatic heterocycles. The first kappa shape index (κ1) is 6.35. The zero-order valence-corrected chi connectivity index (χ0v) is 5.26. The molecule has 0 aliphatic carbocycles. The summed E-state index contributed by atoms with van der Waals surface area (Å²) in [4.78, 5) is 0. The molecule has 0 fully saturated rings. The summed E-state index contributed by atoms with van der Waals surface area (Å²) in [6, 6.07) is 0. The molecule has 0 amide bonds. The maximum atomic E-state index is 4.19. The van der Waals surface area contributed by atoms with Gasteiger partial charge < -0.3 is 0 Å². The van der Waals surface area contributed by atoms with Crippen LogP contribution in [0.2, 0.25) is 0 Å². The Morgan fingerprint density at radius 2 is 1.83 bits per heavy atom. The van der Waals surface area contributed by atoms with E-state index in [4.69, 9.17) is 0 Å². The summed E-state index contributed by atoms with van der Waals surface area (Å²) in [6.45, 7) is 7.77. The van der Waals surface area contributed by atoms with E-state index in [0.29, 0.717) is 0 Å². The van der Waals surface area contributed by atoms with Gasteiger partial charge in [0.25, 0.3) is 0 Å². The van der Waals surface area contributed by atoms with Gasteiger partial charge >= 0.3 is 0 Å². The quantitative estimate of drug-likeness (QED) is 0.482. The molecule has 0 aromatic heterocycles. The van der Waals surface area contributed by atoms with Crippen molar-refractivity contribution >= 4 is 12.6 Å². The number of hydrogen-bond donors (Lipinski definition) is 1. The molecule has 1 radical (unpaired) electrons. The smallest absolute Gasteiger partial charge is 0.00731 e. The molecular weight excluding hydrogens is 92.1 g/mol. The molecule has 0 saturated carbocycles. The van der Waals surface area contributed by atoms with Gasteiger partial charge in [0, 0.05) is 4.75 Å². The monoisotopic (exact) mass is 103 g/mol. The fraction of sp³-hybridized carbons (Fsp3) is 0.800. The van der Waals surface area contributed by atoms with Crippen molar-refractivity contribution < 1.29 is 0 Å². The Morgan fingerprint density at radius 3 is 1.83 bits per heavy atom. The minimum absolute atomic E-state index is 0.125. The van der Waals surface area contributed by atoms with Crippen molar-refractivity contribution in [2.75, 3.05) is 0 Å². The van der Waals surface area contributed by atoms with Gasteiger partial charge in [-0.15, -0.1) is 0 Å². The molecule has 0 unspecified atom stereocenters. The Bertz CT molecular complexity index is 33.7. The maximum Gasteiger partial charge on any atom is 0.00731 e. The summed E-state index contributed by atoms with van der Waals surface area (Å²) in [7, 11) is 0. The second-order valence-corrected chi connectivity index (χ2v) is 3.27. The van der Waals surface area contributed by atoms with Crippen molar-refractivity contribution in [2.24, 2.45) is 0 Å². The van der Waals surface area contributed by atoms with Crippen LogP contribution >= 0.6 is 12.6 Å². The summed E-state index contributed by atoms with van der Waals surface area (Å²) in [5.74, 6) is 0. The van der Waals surface area contributed by atoms with Gasteiger partial charge in [-0.3, -0.25) is 0 Å². The maximum absolute atomic E-state index is 4.19. The molecule has 1 heteroatoms. The molecule has 0 aromatic rings. The molecule has 0 bridgehead atoms. The van der Waals surface area contributed by atoms with Crippen LogP contribution in [0.1, 0.15) is 20.3 Å². The van der Waals surface area contributed by atoms with E-state index in [2.05, 4.69) is 19.6 Å². The zero-order chi connectivity index (χ0) is 5.21. The van der Waals surface area contributed by atoms with Gasteiger partial charge in [0.15, 0.2) is 0 Å². The van der Waals surface area contributed by atoms with Crippen molar-refractivity contribution in [2.45, 2.75) is 25.0 Å². The number of rotatable bonds is 1. The van der Waals surface area contributed by atoms with E-state index >= 15 is 0 Å². The molecule has 0 heterocycles. The van der Waals surface area contributed by atoms with Crippen molar-refractivity contribution in [3.63, 3.8) is 0 Å². The highest BCUT2D eigenvalue weighted by atomic mass is 32.1. The Hall–Kier alpha value is 0.350. The Labute approximate surface area is 45.4 Å². The lowest BCUT2D eigenvalue weighted by molar-refractivity contribution is 0.731. The molecule has 37 valence electrons. The Balaban J connectivity index is 3.17. The third-order valence-electron chi connectivity index (χ3n) is 0.612. The van der Waals surface area contributed by atoms with Crippen LogP contribution in [0.15, 0.2) is 0 Å². The van der Waals surface area contributed by atoms with E-state index in [-0.39, 0.29) is 4.75 Å². The van der Waals surface area contributed by atoms with E-state index in [0.717, 1.165) is 6.42 Å². The van der Waals surface area contributed by atoms with Crippen LogP contribution in [0.5, 0.6) is 0 Å². The van der Waals surface area contributed by atoms with Crippen LogP contribution < -0.4 is 0 Å². The zero-order valence-electron chi connectivity index (χ0n) is 4.36. The van der Waals surface area contributed by atoms with E-state index < -0.39 is 0 Å². The highest BCUT2D eigenvalue weighted by Gasteiger charge is 2.04. The Kier molecular flexibility index (Phi) is 1.98. The predicted molar refractivity (Wildman–Crippen MR) is 33.0 cm³/mol. The van der Waals surface area contributed by atoms with Gasteiger partial charge in [0.1, 0.15) is 0 Å². The first-order valence-electron chi connectivity index (χ1n) is 2.08. The number of thiol groups is 1.